The van der Waals surface area contributed by atoms with E-state index in [1.165, 1.54) is 17.2 Å². The largest absolute Gasteiger partial charge is 0.370 e. The Morgan fingerprint density at radius 2 is 1.83 bits per heavy atom. The van der Waals surface area contributed by atoms with E-state index in [1.54, 1.807) is 12.1 Å². The van der Waals surface area contributed by atoms with Crippen molar-refractivity contribution in [2.45, 2.75) is 32.1 Å². The minimum Gasteiger partial charge on any atom is -0.370 e. The first-order valence-electron chi connectivity index (χ1n) is 7.88. The minimum atomic E-state index is -0.195. The summed E-state index contributed by atoms with van der Waals surface area (Å²) in [5.41, 5.74) is 10.3. The van der Waals surface area contributed by atoms with Crippen molar-refractivity contribution in [1.82, 2.24) is 0 Å². The van der Waals surface area contributed by atoms with Gasteiger partial charge in [-0.3, -0.25) is 4.99 Å². The highest BCUT2D eigenvalue weighted by Gasteiger charge is 2.44. The van der Waals surface area contributed by atoms with Crippen molar-refractivity contribution in [2.75, 3.05) is 11.9 Å². The number of benzene rings is 2. The van der Waals surface area contributed by atoms with E-state index in [1.807, 2.05) is 18.2 Å². The summed E-state index contributed by atoms with van der Waals surface area (Å²) in [6.07, 6.45) is 2.05. The number of hydrogen-bond acceptors (Lipinski definition) is 1. The van der Waals surface area contributed by atoms with Crippen LogP contribution >= 0.6 is 24.0 Å². The molecular formula is C19H23FIN3. The second-order valence-electron chi connectivity index (χ2n) is 6.49. The normalized spacial score (nSPS) is 15.5. The fourth-order valence-electron chi connectivity index (χ4n) is 2.98. The summed E-state index contributed by atoms with van der Waals surface area (Å²) >= 11 is 0. The van der Waals surface area contributed by atoms with Crippen LogP contribution in [0.3, 0.4) is 0 Å². The van der Waals surface area contributed by atoms with Crippen molar-refractivity contribution in [3.05, 3.63) is 65.0 Å². The summed E-state index contributed by atoms with van der Waals surface area (Å²) in [6, 6.07) is 13.0. The van der Waals surface area contributed by atoms with Gasteiger partial charge in [0.15, 0.2) is 5.96 Å². The Bertz CT molecular complexity index is 734. The number of nitrogens with zero attached hydrogens (tertiary/aromatic N) is 1. The van der Waals surface area contributed by atoms with Gasteiger partial charge in [-0.05, 0) is 67.6 Å². The van der Waals surface area contributed by atoms with Gasteiger partial charge in [0, 0.05) is 11.1 Å². The van der Waals surface area contributed by atoms with Gasteiger partial charge >= 0.3 is 0 Å². The van der Waals surface area contributed by atoms with Gasteiger partial charge in [0.05, 0.1) is 6.54 Å². The molecule has 0 spiro atoms. The maximum Gasteiger partial charge on any atom is 0.193 e. The zero-order valence-electron chi connectivity index (χ0n) is 14.0. The van der Waals surface area contributed by atoms with Crippen molar-refractivity contribution in [3.8, 4) is 0 Å². The van der Waals surface area contributed by atoms with Crippen LogP contribution in [0.4, 0.5) is 10.1 Å². The first-order valence-corrected chi connectivity index (χ1v) is 7.88. The van der Waals surface area contributed by atoms with Crippen LogP contribution < -0.4 is 11.1 Å². The van der Waals surface area contributed by atoms with E-state index in [-0.39, 0.29) is 35.2 Å². The number of hydrogen-bond donors (Lipinski definition) is 2. The van der Waals surface area contributed by atoms with E-state index in [0.717, 1.165) is 24.1 Å². The Morgan fingerprint density at radius 3 is 2.42 bits per heavy atom. The van der Waals surface area contributed by atoms with Crippen molar-refractivity contribution in [1.29, 1.82) is 0 Å². The Morgan fingerprint density at radius 1 is 1.17 bits per heavy atom. The molecule has 0 aliphatic heterocycles. The first kappa shape index (κ1) is 18.7. The second-order valence-corrected chi connectivity index (χ2v) is 6.49. The first-order chi connectivity index (χ1) is 11.0. The molecule has 3 nitrogen and oxygen atoms in total. The molecule has 3 rings (SSSR count). The van der Waals surface area contributed by atoms with Gasteiger partial charge in [-0.1, -0.05) is 18.2 Å². The second kappa shape index (κ2) is 7.51. The van der Waals surface area contributed by atoms with E-state index in [2.05, 4.69) is 30.2 Å². The molecule has 2 aromatic carbocycles. The highest BCUT2D eigenvalue weighted by Crippen LogP contribution is 2.48. The van der Waals surface area contributed by atoms with Gasteiger partial charge in [-0.25, -0.2) is 4.39 Å². The third kappa shape index (κ3) is 4.47. The van der Waals surface area contributed by atoms with E-state index in [9.17, 15) is 4.39 Å². The number of anilines is 1. The Balaban J connectivity index is 0.00000208. The molecule has 2 aromatic rings. The topological polar surface area (TPSA) is 50.4 Å². The average molecular weight is 439 g/mol. The summed E-state index contributed by atoms with van der Waals surface area (Å²) in [5.74, 6) is 0.205. The van der Waals surface area contributed by atoms with Gasteiger partial charge in [0.25, 0.3) is 0 Å². The molecule has 1 saturated carbocycles. The van der Waals surface area contributed by atoms with Crippen LogP contribution in [0, 0.1) is 19.7 Å². The van der Waals surface area contributed by atoms with Crippen molar-refractivity contribution < 1.29 is 4.39 Å². The number of guanidine groups is 1. The minimum absolute atomic E-state index is 0. The Labute approximate surface area is 159 Å². The summed E-state index contributed by atoms with van der Waals surface area (Å²) in [6.45, 7) is 4.68. The fraction of sp³-hybridized carbons (Fsp3) is 0.316. The lowest BCUT2D eigenvalue weighted by Gasteiger charge is -2.14. The number of nitrogens with two attached hydrogens (primary N) is 1. The number of halogens is 2. The SMILES string of the molecule is Cc1cc(C)cc(NC(N)=NCC2(c3cccc(F)c3)CC2)c1.I. The summed E-state index contributed by atoms with van der Waals surface area (Å²) in [5, 5.41) is 3.14. The molecule has 0 aromatic heterocycles. The van der Waals surface area contributed by atoms with Crippen LogP contribution in [0.1, 0.15) is 29.5 Å². The Hall–Kier alpha value is -1.63. The molecule has 1 aliphatic rings. The number of aryl methyl sites for hydroxylation is 2. The van der Waals surface area contributed by atoms with Crippen LogP contribution in [-0.2, 0) is 5.41 Å². The number of rotatable bonds is 4. The molecule has 0 radical (unpaired) electrons. The number of aliphatic imine (C=N–C) groups is 1. The summed E-state index contributed by atoms with van der Waals surface area (Å²) in [7, 11) is 0. The fourth-order valence-corrected chi connectivity index (χ4v) is 2.98. The molecule has 0 heterocycles. The highest BCUT2D eigenvalue weighted by molar-refractivity contribution is 14.0. The molecule has 0 unspecified atom stereocenters. The molecule has 0 amide bonds. The summed E-state index contributed by atoms with van der Waals surface area (Å²) in [4.78, 5) is 4.48. The predicted molar refractivity (Wildman–Crippen MR) is 109 cm³/mol. The van der Waals surface area contributed by atoms with Gasteiger partial charge in [-0.15, -0.1) is 24.0 Å². The molecule has 1 aliphatic carbocycles. The highest BCUT2D eigenvalue weighted by atomic mass is 127. The quantitative estimate of drug-likeness (QED) is 0.418. The van der Waals surface area contributed by atoms with Gasteiger partial charge in [0.2, 0.25) is 0 Å². The number of nitrogens with one attached hydrogen (secondary N) is 1. The lowest BCUT2D eigenvalue weighted by atomic mass is 9.96. The van der Waals surface area contributed by atoms with Crippen LogP contribution in [0.25, 0.3) is 0 Å². The predicted octanol–water partition coefficient (Wildman–Crippen LogP) is 4.52. The van der Waals surface area contributed by atoms with Gasteiger partial charge < -0.3 is 11.1 Å². The smallest absolute Gasteiger partial charge is 0.193 e. The zero-order chi connectivity index (χ0) is 16.4. The van der Waals surface area contributed by atoms with Crippen molar-refractivity contribution in [3.63, 3.8) is 0 Å². The maximum atomic E-state index is 13.4. The molecule has 24 heavy (non-hydrogen) atoms. The molecule has 128 valence electrons. The van der Waals surface area contributed by atoms with Crippen LogP contribution in [0.5, 0.6) is 0 Å². The van der Waals surface area contributed by atoms with E-state index in [0.29, 0.717) is 12.5 Å². The third-order valence-corrected chi connectivity index (χ3v) is 4.34. The monoisotopic (exact) mass is 439 g/mol. The van der Waals surface area contributed by atoms with E-state index >= 15 is 0 Å². The standard InChI is InChI=1S/C19H22FN3.HI/c1-13-8-14(2)10-17(9-13)23-18(21)22-12-19(6-7-19)15-4-3-5-16(20)11-15;/h3-5,8-11H,6-7,12H2,1-2H3,(H3,21,22,23);1H. The van der Waals surface area contributed by atoms with Crippen LogP contribution in [-0.4, -0.2) is 12.5 Å². The molecule has 5 heteroatoms. The average Bonchev–Trinajstić information content (AvgIpc) is 3.25. The molecular weight excluding hydrogens is 416 g/mol. The molecule has 3 N–H and O–H groups in total. The van der Waals surface area contributed by atoms with E-state index in [4.69, 9.17) is 5.73 Å². The zero-order valence-corrected chi connectivity index (χ0v) is 16.3. The van der Waals surface area contributed by atoms with Gasteiger partial charge in [0.1, 0.15) is 5.82 Å². The Kier molecular flexibility index (Phi) is 5.85. The van der Waals surface area contributed by atoms with Gasteiger partial charge in [-0.2, -0.15) is 0 Å². The lowest BCUT2D eigenvalue weighted by molar-refractivity contribution is 0.616. The maximum absolute atomic E-state index is 13.4. The third-order valence-electron chi connectivity index (χ3n) is 4.34. The van der Waals surface area contributed by atoms with Crippen molar-refractivity contribution >= 4 is 35.6 Å². The van der Waals surface area contributed by atoms with Crippen LogP contribution in [0.15, 0.2) is 47.5 Å². The molecule has 0 bridgehead atoms. The molecule has 0 saturated heterocycles. The summed E-state index contributed by atoms with van der Waals surface area (Å²) < 4.78 is 13.4. The molecule has 0 atom stereocenters. The van der Waals surface area contributed by atoms with Crippen molar-refractivity contribution in [2.24, 2.45) is 10.7 Å². The lowest BCUT2D eigenvalue weighted by Crippen LogP contribution is -2.25. The van der Waals surface area contributed by atoms with Crippen LogP contribution in [0.2, 0.25) is 0 Å². The van der Waals surface area contributed by atoms with E-state index < -0.39 is 0 Å². The molecule has 1 fully saturated rings.